The minimum atomic E-state index is -0.940. The van der Waals surface area contributed by atoms with Crippen LogP contribution in [-0.2, 0) is 0 Å². The van der Waals surface area contributed by atoms with E-state index in [-0.39, 0.29) is 17.5 Å². The molecule has 6 heteroatoms. The molecule has 0 saturated carbocycles. The van der Waals surface area contributed by atoms with E-state index >= 15 is 0 Å². The van der Waals surface area contributed by atoms with Crippen molar-refractivity contribution in [1.82, 2.24) is 9.97 Å². The number of hydrogen-bond donors (Lipinski definition) is 2. The Labute approximate surface area is 128 Å². The van der Waals surface area contributed by atoms with E-state index in [1.807, 2.05) is 19.2 Å². The summed E-state index contributed by atoms with van der Waals surface area (Å²) in [6.45, 7) is 6.05. The summed E-state index contributed by atoms with van der Waals surface area (Å²) < 4.78 is 0. The molecule has 2 heterocycles. The number of anilines is 1. The highest BCUT2D eigenvalue weighted by molar-refractivity contribution is 7.09. The van der Waals surface area contributed by atoms with Crippen LogP contribution in [0.15, 0.2) is 23.7 Å². The summed E-state index contributed by atoms with van der Waals surface area (Å²) in [4.78, 5) is 20.1. The lowest BCUT2D eigenvalue weighted by Gasteiger charge is -2.17. The number of carbonyl (C=O) groups is 1. The van der Waals surface area contributed by atoms with Crippen molar-refractivity contribution in [3.05, 3.63) is 40.0 Å². The average Bonchev–Trinajstić information content (AvgIpc) is 2.98. The molecule has 2 aromatic heterocycles. The molecule has 0 aliphatic carbocycles. The van der Waals surface area contributed by atoms with Gasteiger partial charge in [-0.05, 0) is 24.5 Å². The van der Waals surface area contributed by atoms with Gasteiger partial charge in [0, 0.05) is 17.3 Å². The van der Waals surface area contributed by atoms with Crippen LogP contribution < -0.4 is 5.32 Å². The Balaban J connectivity index is 2.32. The monoisotopic (exact) mass is 305 g/mol. The molecule has 0 aliphatic heterocycles. The van der Waals surface area contributed by atoms with Gasteiger partial charge in [0.1, 0.15) is 10.8 Å². The predicted molar refractivity (Wildman–Crippen MR) is 84.1 cm³/mol. The van der Waals surface area contributed by atoms with E-state index in [1.54, 1.807) is 29.7 Å². The minimum absolute atomic E-state index is 0.0431. The Morgan fingerprint density at radius 2 is 2.19 bits per heavy atom. The molecule has 0 aromatic carbocycles. The van der Waals surface area contributed by atoms with Crippen LogP contribution in [0.25, 0.3) is 0 Å². The Hall–Kier alpha value is -1.95. The summed E-state index contributed by atoms with van der Waals surface area (Å²) in [6.07, 6.45) is 2.62. The second-order valence-corrected chi connectivity index (χ2v) is 6.03. The molecule has 21 heavy (non-hydrogen) atoms. The molecule has 2 rings (SSSR count). The molecule has 0 radical (unpaired) electrons. The molecular weight excluding hydrogens is 286 g/mol. The maximum Gasteiger partial charge on any atom is 0.335 e. The molecule has 2 N–H and O–H groups in total. The largest absolute Gasteiger partial charge is 0.478 e. The van der Waals surface area contributed by atoms with Crippen LogP contribution in [-0.4, -0.2) is 21.0 Å². The number of pyridine rings is 1. The lowest BCUT2D eigenvalue weighted by molar-refractivity contribution is 0.0696. The van der Waals surface area contributed by atoms with Crippen LogP contribution in [0, 0.1) is 0 Å². The summed E-state index contributed by atoms with van der Waals surface area (Å²) >= 11 is 1.58. The van der Waals surface area contributed by atoms with Crippen LogP contribution in [0.2, 0.25) is 0 Å². The fourth-order valence-corrected chi connectivity index (χ4v) is 2.74. The number of hydrogen-bond acceptors (Lipinski definition) is 5. The Bertz CT molecular complexity index is 611. The van der Waals surface area contributed by atoms with Crippen molar-refractivity contribution in [2.24, 2.45) is 0 Å². The Morgan fingerprint density at radius 3 is 2.71 bits per heavy atom. The van der Waals surface area contributed by atoms with Gasteiger partial charge in [0.25, 0.3) is 0 Å². The van der Waals surface area contributed by atoms with Gasteiger partial charge in [-0.15, -0.1) is 11.3 Å². The van der Waals surface area contributed by atoms with Crippen molar-refractivity contribution >= 4 is 23.1 Å². The second-order valence-electron chi connectivity index (χ2n) is 5.10. The van der Waals surface area contributed by atoms with Crippen molar-refractivity contribution in [3.63, 3.8) is 0 Å². The summed E-state index contributed by atoms with van der Waals surface area (Å²) in [6, 6.07) is 3.24. The number of carboxylic acid groups (broad SMARTS) is 1. The van der Waals surface area contributed by atoms with E-state index < -0.39 is 5.97 Å². The third-order valence-electron chi connectivity index (χ3n) is 3.16. The van der Waals surface area contributed by atoms with Gasteiger partial charge in [0.05, 0.1) is 11.6 Å². The van der Waals surface area contributed by atoms with Gasteiger partial charge < -0.3 is 10.4 Å². The lowest BCUT2D eigenvalue weighted by atomic mass is 10.1. The Kier molecular flexibility index (Phi) is 4.90. The maximum absolute atomic E-state index is 11.2. The number of aromatic carboxylic acids is 1. The summed E-state index contributed by atoms with van der Waals surface area (Å²) in [7, 11) is 0. The van der Waals surface area contributed by atoms with E-state index in [1.165, 1.54) is 0 Å². The number of carboxylic acids is 1. The van der Waals surface area contributed by atoms with Crippen LogP contribution in [0.3, 0.4) is 0 Å². The third-order valence-corrected chi connectivity index (χ3v) is 4.05. The molecule has 5 nitrogen and oxygen atoms in total. The van der Waals surface area contributed by atoms with Gasteiger partial charge in [-0.1, -0.05) is 20.8 Å². The first-order valence-electron chi connectivity index (χ1n) is 6.92. The number of nitrogens with zero attached hydrogens (tertiary/aromatic N) is 2. The summed E-state index contributed by atoms with van der Waals surface area (Å²) in [5, 5.41) is 15.4. The topological polar surface area (TPSA) is 75.1 Å². The standard InChI is InChI=1S/C15H19N3O2S/c1-4-11(14-16-5-6-21-14)17-13-8-10(15(19)20)7-12(18-13)9(2)3/h5-9,11H,4H2,1-3H3,(H,17,18)(H,19,20). The molecule has 0 fully saturated rings. The van der Waals surface area contributed by atoms with E-state index in [2.05, 4.69) is 22.2 Å². The average molecular weight is 305 g/mol. The number of rotatable bonds is 6. The minimum Gasteiger partial charge on any atom is -0.478 e. The van der Waals surface area contributed by atoms with Gasteiger partial charge in [-0.3, -0.25) is 0 Å². The van der Waals surface area contributed by atoms with Crippen LogP contribution in [0.1, 0.15) is 60.2 Å². The van der Waals surface area contributed by atoms with Gasteiger partial charge in [-0.25, -0.2) is 14.8 Å². The first-order valence-corrected chi connectivity index (χ1v) is 7.80. The maximum atomic E-state index is 11.2. The van der Waals surface area contributed by atoms with Gasteiger partial charge in [-0.2, -0.15) is 0 Å². The van der Waals surface area contributed by atoms with Gasteiger partial charge >= 0.3 is 5.97 Å². The van der Waals surface area contributed by atoms with Crippen LogP contribution in [0.4, 0.5) is 5.82 Å². The molecule has 0 saturated heterocycles. The number of thiazole rings is 1. The van der Waals surface area contributed by atoms with E-state index in [0.717, 1.165) is 17.1 Å². The van der Waals surface area contributed by atoms with Crippen LogP contribution in [0.5, 0.6) is 0 Å². The molecule has 0 spiro atoms. The Morgan fingerprint density at radius 1 is 1.43 bits per heavy atom. The summed E-state index contributed by atoms with van der Waals surface area (Å²) in [5.74, 6) is -0.185. The molecule has 2 aromatic rings. The van der Waals surface area contributed by atoms with E-state index in [9.17, 15) is 9.90 Å². The number of aromatic nitrogens is 2. The van der Waals surface area contributed by atoms with Crippen LogP contribution >= 0.6 is 11.3 Å². The molecule has 0 bridgehead atoms. The third kappa shape index (κ3) is 3.78. The molecule has 0 amide bonds. The van der Waals surface area contributed by atoms with Crippen molar-refractivity contribution in [1.29, 1.82) is 0 Å². The molecule has 0 aliphatic rings. The molecular formula is C15H19N3O2S. The zero-order valence-corrected chi connectivity index (χ0v) is 13.1. The zero-order valence-electron chi connectivity index (χ0n) is 12.3. The lowest BCUT2D eigenvalue weighted by Crippen LogP contribution is -2.12. The summed E-state index contributed by atoms with van der Waals surface area (Å²) in [5.41, 5.74) is 1.02. The van der Waals surface area contributed by atoms with Crippen molar-refractivity contribution in [3.8, 4) is 0 Å². The quantitative estimate of drug-likeness (QED) is 0.846. The highest BCUT2D eigenvalue weighted by Gasteiger charge is 2.15. The zero-order chi connectivity index (χ0) is 15.4. The SMILES string of the molecule is CCC(Nc1cc(C(=O)O)cc(C(C)C)n1)c1nccs1. The first-order chi connectivity index (χ1) is 10.0. The predicted octanol–water partition coefficient (Wildman–Crippen LogP) is 3.92. The highest BCUT2D eigenvalue weighted by Crippen LogP contribution is 2.25. The fourth-order valence-electron chi connectivity index (χ4n) is 1.97. The van der Waals surface area contributed by atoms with Crippen molar-refractivity contribution in [2.75, 3.05) is 5.32 Å². The first kappa shape index (κ1) is 15.4. The fraction of sp³-hybridized carbons (Fsp3) is 0.400. The second kappa shape index (κ2) is 6.67. The molecule has 1 unspecified atom stereocenters. The molecule has 1 atom stereocenters. The molecule has 112 valence electrons. The van der Waals surface area contributed by atoms with Gasteiger partial charge in [0.2, 0.25) is 0 Å². The van der Waals surface area contributed by atoms with Gasteiger partial charge in [0.15, 0.2) is 0 Å². The normalized spacial score (nSPS) is 12.4. The smallest absolute Gasteiger partial charge is 0.335 e. The highest BCUT2D eigenvalue weighted by atomic mass is 32.1. The van der Waals surface area contributed by atoms with E-state index in [0.29, 0.717) is 5.82 Å². The van der Waals surface area contributed by atoms with Crippen molar-refractivity contribution < 1.29 is 9.90 Å². The van der Waals surface area contributed by atoms with E-state index in [4.69, 9.17) is 0 Å². The van der Waals surface area contributed by atoms with Crippen molar-refractivity contribution in [2.45, 2.75) is 39.2 Å². The number of nitrogens with one attached hydrogen (secondary N) is 1.